The van der Waals surface area contributed by atoms with Crippen molar-refractivity contribution in [1.82, 2.24) is 0 Å². The molecule has 0 aromatic carbocycles. The van der Waals surface area contributed by atoms with E-state index in [9.17, 15) is 0 Å². The van der Waals surface area contributed by atoms with Gasteiger partial charge in [0.1, 0.15) is 0 Å². The van der Waals surface area contributed by atoms with E-state index < -0.39 is 0 Å². The van der Waals surface area contributed by atoms with Crippen LogP contribution in [0.3, 0.4) is 0 Å². The second-order valence-electron chi connectivity index (χ2n) is 2.82. The standard InChI is InChI=1S/C9H20O2/c1-3-5-9(8-10)6-7-11-4-2/h9-10H,3-8H2,1-2H3. The van der Waals surface area contributed by atoms with E-state index in [0.717, 1.165) is 32.5 Å². The Morgan fingerprint density at radius 3 is 2.45 bits per heavy atom. The maximum absolute atomic E-state index is 8.90. The minimum absolute atomic E-state index is 0.306. The zero-order valence-electron chi connectivity index (χ0n) is 7.68. The van der Waals surface area contributed by atoms with Crippen LogP contribution >= 0.6 is 0 Å². The summed E-state index contributed by atoms with van der Waals surface area (Å²) < 4.78 is 5.20. The molecule has 0 aromatic rings. The molecule has 0 heterocycles. The fourth-order valence-electron chi connectivity index (χ4n) is 1.13. The van der Waals surface area contributed by atoms with Gasteiger partial charge >= 0.3 is 0 Å². The molecule has 0 spiro atoms. The molecular formula is C9H20O2. The van der Waals surface area contributed by atoms with Crippen LogP contribution in [0.2, 0.25) is 0 Å². The van der Waals surface area contributed by atoms with Gasteiger partial charge in [-0.3, -0.25) is 0 Å². The highest BCUT2D eigenvalue weighted by Gasteiger charge is 2.04. The third-order valence-electron chi connectivity index (χ3n) is 1.83. The lowest BCUT2D eigenvalue weighted by atomic mass is 10.0. The summed E-state index contributed by atoms with van der Waals surface area (Å²) in [6, 6.07) is 0. The summed E-state index contributed by atoms with van der Waals surface area (Å²) in [6.45, 7) is 6.02. The number of hydrogen-bond acceptors (Lipinski definition) is 2. The second-order valence-corrected chi connectivity index (χ2v) is 2.82. The average molecular weight is 160 g/mol. The first-order valence-electron chi connectivity index (χ1n) is 4.53. The topological polar surface area (TPSA) is 29.5 Å². The average Bonchev–Trinajstić information content (AvgIpc) is 2.03. The minimum Gasteiger partial charge on any atom is -0.396 e. The van der Waals surface area contributed by atoms with Gasteiger partial charge in [-0.25, -0.2) is 0 Å². The molecule has 0 fully saturated rings. The van der Waals surface area contributed by atoms with E-state index in [1.54, 1.807) is 0 Å². The van der Waals surface area contributed by atoms with Crippen molar-refractivity contribution in [3.63, 3.8) is 0 Å². The SMILES string of the molecule is CCCC(CO)CCOCC. The summed E-state index contributed by atoms with van der Waals surface area (Å²) in [6.07, 6.45) is 3.26. The van der Waals surface area contributed by atoms with E-state index >= 15 is 0 Å². The molecule has 11 heavy (non-hydrogen) atoms. The summed E-state index contributed by atoms with van der Waals surface area (Å²) in [4.78, 5) is 0. The highest BCUT2D eigenvalue weighted by molar-refractivity contribution is 4.55. The summed E-state index contributed by atoms with van der Waals surface area (Å²) in [7, 11) is 0. The summed E-state index contributed by atoms with van der Waals surface area (Å²) in [5, 5.41) is 8.90. The van der Waals surface area contributed by atoms with Crippen molar-refractivity contribution in [2.45, 2.75) is 33.1 Å². The van der Waals surface area contributed by atoms with Crippen LogP contribution in [0, 0.1) is 5.92 Å². The van der Waals surface area contributed by atoms with Gasteiger partial charge in [-0.2, -0.15) is 0 Å². The Labute approximate surface area is 69.6 Å². The molecule has 0 aliphatic rings. The van der Waals surface area contributed by atoms with Gasteiger partial charge in [0.05, 0.1) is 0 Å². The largest absolute Gasteiger partial charge is 0.396 e. The Kier molecular flexibility index (Phi) is 7.96. The Hall–Kier alpha value is -0.0800. The van der Waals surface area contributed by atoms with Crippen LogP contribution in [0.5, 0.6) is 0 Å². The lowest BCUT2D eigenvalue weighted by molar-refractivity contribution is 0.113. The number of aliphatic hydroxyl groups is 1. The molecule has 0 amide bonds. The van der Waals surface area contributed by atoms with Crippen molar-refractivity contribution in [3.05, 3.63) is 0 Å². The lowest BCUT2D eigenvalue weighted by Gasteiger charge is -2.11. The Balaban J connectivity index is 3.20. The van der Waals surface area contributed by atoms with Gasteiger partial charge in [0.25, 0.3) is 0 Å². The van der Waals surface area contributed by atoms with Crippen molar-refractivity contribution in [2.24, 2.45) is 5.92 Å². The molecule has 0 aliphatic heterocycles. The first-order chi connectivity index (χ1) is 5.35. The van der Waals surface area contributed by atoms with Gasteiger partial charge in [-0.1, -0.05) is 13.3 Å². The normalized spacial score (nSPS) is 13.4. The van der Waals surface area contributed by atoms with E-state index in [0.29, 0.717) is 12.5 Å². The second kappa shape index (κ2) is 8.02. The van der Waals surface area contributed by atoms with Gasteiger partial charge in [0.15, 0.2) is 0 Å². The van der Waals surface area contributed by atoms with E-state index in [4.69, 9.17) is 9.84 Å². The van der Waals surface area contributed by atoms with Crippen LogP contribution in [0.15, 0.2) is 0 Å². The quantitative estimate of drug-likeness (QED) is 0.576. The summed E-state index contributed by atoms with van der Waals surface area (Å²) >= 11 is 0. The first kappa shape index (κ1) is 10.9. The van der Waals surface area contributed by atoms with Crippen LogP contribution in [0.4, 0.5) is 0 Å². The van der Waals surface area contributed by atoms with Crippen molar-refractivity contribution in [1.29, 1.82) is 0 Å². The van der Waals surface area contributed by atoms with Crippen LogP contribution < -0.4 is 0 Å². The zero-order valence-corrected chi connectivity index (χ0v) is 7.68. The van der Waals surface area contributed by atoms with Crippen molar-refractivity contribution in [2.75, 3.05) is 19.8 Å². The number of hydrogen-bond donors (Lipinski definition) is 1. The van der Waals surface area contributed by atoms with Crippen LogP contribution in [-0.4, -0.2) is 24.9 Å². The third-order valence-corrected chi connectivity index (χ3v) is 1.83. The highest BCUT2D eigenvalue weighted by atomic mass is 16.5. The highest BCUT2D eigenvalue weighted by Crippen LogP contribution is 2.09. The van der Waals surface area contributed by atoms with Crippen LogP contribution in [-0.2, 0) is 4.74 Å². The fourth-order valence-corrected chi connectivity index (χ4v) is 1.13. The van der Waals surface area contributed by atoms with Crippen LogP contribution in [0.1, 0.15) is 33.1 Å². The molecule has 1 N–H and O–H groups in total. The monoisotopic (exact) mass is 160 g/mol. The number of ether oxygens (including phenoxy) is 1. The van der Waals surface area contributed by atoms with Crippen molar-refractivity contribution >= 4 is 0 Å². The third kappa shape index (κ3) is 6.32. The van der Waals surface area contributed by atoms with Gasteiger partial charge in [-0.05, 0) is 25.7 Å². The molecule has 0 rings (SSSR count). The fraction of sp³-hybridized carbons (Fsp3) is 1.00. The maximum Gasteiger partial charge on any atom is 0.0469 e. The molecule has 1 atom stereocenters. The van der Waals surface area contributed by atoms with E-state index in [-0.39, 0.29) is 0 Å². The molecule has 68 valence electrons. The predicted octanol–water partition coefficient (Wildman–Crippen LogP) is 1.82. The molecule has 0 aliphatic carbocycles. The molecule has 0 bridgehead atoms. The number of aliphatic hydroxyl groups excluding tert-OH is 1. The zero-order chi connectivity index (χ0) is 8.53. The van der Waals surface area contributed by atoms with Gasteiger partial charge in [-0.15, -0.1) is 0 Å². The molecule has 1 unspecified atom stereocenters. The molecule has 0 radical (unpaired) electrons. The van der Waals surface area contributed by atoms with Gasteiger partial charge in [0, 0.05) is 19.8 Å². The molecular weight excluding hydrogens is 140 g/mol. The van der Waals surface area contributed by atoms with Gasteiger partial charge < -0.3 is 9.84 Å². The van der Waals surface area contributed by atoms with Crippen molar-refractivity contribution < 1.29 is 9.84 Å². The van der Waals surface area contributed by atoms with Crippen LogP contribution in [0.25, 0.3) is 0 Å². The van der Waals surface area contributed by atoms with E-state index in [1.807, 2.05) is 6.92 Å². The first-order valence-corrected chi connectivity index (χ1v) is 4.53. The summed E-state index contributed by atoms with van der Waals surface area (Å²) in [5.41, 5.74) is 0. The predicted molar refractivity (Wildman–Crippen MR) is 46.6 cm³/mol. The smallest absolute Gasteiger partial charge is 0.0469 e. The molecule has 2 heteroatoms. The van der Waals surface area contributed by atoms with Crippen molar-refractivity contribution in [3.8, 4) is 0 Å². The minimum atomic E-state index is 0.306. The molecule has 0 saturated carbocycles. The Morgan fingerprint density at radius 1 is 1.27 bits per heavy atom. The molecule has 0 aromatic heterocycles. The lowest BCUT2D eigenvalue weighted by Crippen LogP contribution is -2.09. The van der Waals surface area contributed by atoms with Gasteiger partial charge in [0.2, 0.25) is 0 Å². The molecule has 2 nitrogen and oxygen atoms in total. The number of rotatable bonds is 7. The summed E-state index contributed by atoms with van der Waals surface area (Å²) in [5.74, 6) is 0.451. The molecule has 0 saturated heterocycles. The maximum atomic E-state index is 8.90. The Bertz CT molecular complexity index is 74.0. The van der Waals surface area contributed by atoms with E-state index in [1.165, 1.54) is 0 Å². The van der Waals surface area contributed by atoms with E-state index in [2.05, 4.69) is 6.92 Å². The Morgan fingerprint density at radius 2 is 2.00 bits per heavy atom.